The van der Waals surface area contributed by atoms with Crippen molar-refractivity contribution in [2.24, 2.45) is 7.05 Å². The second kappa shape index (κ2) is 12.3. The first-order chi connectivity index (χ1) is 20.7. The number of sulfone groups is 1. The van der Waals surface area contributed by atoms with Gasteiger partial charge in [0.1, 0.15) is 11.3 Å². The highest BCUT2D eigenvalue weighted by molar-refractivity contribution is 7.90. The predicted molar refractivity (Wildman–Crippen MR) is 178 cm³/mol. The molecule has 0 radical (unpaired) electrons. The van der Waals surface area contributed by atoms with Crippen molar-refractivity contribution in [2.75, 3.05) is 68.8 Å². The third kappa shape index (κ3) is 6.44. The summed E-state index contributed by atoms with van der Waals surface area (Å²) in [5, 5.41) is 3.71. The number of nitrogens with zero attached hydrogens (tertiary/aromatic N) is 5. The Kier molecular flexibility index (Phi) is 8.49. The Morgan fingerprint density at radius 2 is 1.49 bits per heavy atom. The van der Waals surface area contributed by atoms with Gasteiger partial charge in [-0.05, 0) is 99.4 Å². The van der Waals surface area contributed by atoms with E-state index in [0.29, 0.717) is 10.9 Å². The number of anilines is 2. The number of nitrogens with one attached hydrogen (secondary N) is 1. The van der Waals surface area contributed by atoms with E-state index in [0.717, 1.165) is 72.9 Å². The molecule has 4 aromatic rings. The summed E-state index contributed by atoms with van der Waals surface area (Å²) in [5.74, 6) is 0.811. The molecular weight excluding hydrogens is 556 g/mol. The normalized spacial score (nSPS) is 16.9. The van der Waals surface area contributed by atoms with Crippen molar-refractivity contribution >= 4 is 32.2 Å². The van der Waals surface area contributed by atoms with Gasteiger partial charge in [0.25, 0.3) is 0 Å². The van der Waals surface area contributed by atoms with E-state index in [-0.39, 0.29) is 0 Å². The molecule has 2 aliphatic rings. The Morgan fingerprint density at radius 3 is 2.12 bits per heavy atom. The van der Waals surface area contributed by atoms with Gasteiger partial charge < -0.3 is 19.7 Å². The maximum absolute atomic E-state index is 12.0. The van der Waals surface area contributed by atoms with Crippen LogP contribution in [-0.2, 0) is 16.9 Å². The number of likely N-dealkylation sites (tertiary alicyclic amines) is 1. The van der Waals surface area contributed by atoms with Crippen LogP contribution in [0.1, 0.15) is 26.7 Å². The quantitative estimate of drug-likeness (QED) is 0.278. The summed E-state index contributed by atoms with van der Waals surface area (Å²) in [7, 11) is -1.23. The van der Waals surface area contributed by atoms with Gasteiger partial charge in [0.2, 0.25) is 0 Å². The van der Waals surface area contributed by atoms with E-state index in [9.17, 15) is 8.42 Å². The molecule has 1 N–H and O–H groups in total. The summed E-state index contributed by atoms with van der Waals surface area (Å²) < 4.78 is 26.1. The largest absolute Gasteiger partial charge is 0.382 e. The number of hydrogen-bond acceptors (Lipinski definition) is 7. The van der Waals surface area contributed by atoms with E-state index in [1.54, 1.807) is 12.1 Å². The molecule has 3 aromatic carbocycles. The predicted octanol–water partition coefficient (Wildman–Crippen LogP) is 5.35. The third-order valence-electron chi connectivity index (χ3n) is 9.08. The summed E-state index contributed by atoms with van der Waals surface area (Å²) in [6.45, 7) is 13.1. The third-order valence-corrected chi connectivity index (χ3v) is 10.2. The summed E-state index contributed by atoms with van der Waals surface area (Å²) in [6.07, 6.45) is 3.80. The first-order valence-corrected chi connectivity index (χ1v) is 17.4. The molecule has 0 bridgehead atoms. The average molecular weight is 601 g/mol. The Labute approximate surface area is 256 Å². The van der Waals surface area contributed by atoms with Crippen molar-refractivity contribution in [3.8, 4) is 22.5 Å². The first-order valence-electron chi connectivity index (χ1n) is 15.5. The summed E-state index contributed by atoms with van der Waals surface area (Å²) in [4.78, 5) is 12.9. The zero-order valence-corrected chi connectivity index (χ0v) is 26.7. The lowest BCUT2D eigenvalue weighted by Gasteiger charge is -2.38. The van der Waals surface area contributed by atoms with Crippen molar-refractivity contribution < 1.29 is 8.42 Å². The van der Waals surface area contributed by atoms with E-state index < -0.39 is 9.84 Å². The second-order valence-electron chi connectivity index (χ2n) is 12.3. The van der Waals surface area contributed by atoms with Crippen molar-refractivity contribution in [1.29, 1.82) is 0 Å². The van der Waals surface area contributed by atoms with Gasteiger partial charge >= 0.3 is 0 Å². The van der Waals surface area contributed by atoms with Crippen LogP contribution in [0, 0.1) is 0 Å². The number of benzene rings is 3. The minimum atomic E-state index is -3.26. The van der Waals surface area contributed by atoms with Crippen LogP contribution in [0.15, 0.2) is 65.6 Å². The molecule has 2 aliphatic heterocycles. The van der Waals surface area contributed by atoms with E-state index >= 15 is 0 Å². The molecule has 0 amide bonds. The number of piperazine rings is 1. The number of imidazole rings is 1. The highest BCUT2D eigenvalue weighted by Crippen LogP contribution is 2.34. The molecule has 8 nitrogen and oxygen atoms in total. The van der Waals surface area contributed by atoms with Crippen LogP contribution < -0.4 is 10.2 Å². The standard InChI is InChI=1S/C34H44N6O2S/c1-25(2)39-19-21-40(22-20-39)29-11-7-26(8-12-29)28-23-31(35-15-18-38-16-5-6-17-38)33-32(24-28)37(3)34(36-33)27-9-13-30(14-10-27)43(4,41)42/h7-14,23-25,35H,5-6,15-22H2,1-4H3. The van der Waals surface area contributed by atoms with Crippen LogP contribution in [0.5, 0.6) is 0 Å². The number of fused-ring (bicyclic) bond motifs is 1. The number of hydrogen-bond donors (Lipinski definition) is 1. The summed E-state index contributed by atoms with van der Waals surface area (Å²) >= 11 is 0. The zero-order valence-electron chi connectivity index (χ0n) is 25.9. The van der Waals surface area contributed by atoms with Crippen molar-refractivity contribution in [3.63, 3.8) is 0 Å². The second-order valence-corrected chi connectivity index (χ2v) is 14.3. The fraction of sp³-hybridized carbons (Fsp3) is 0.441. The lowest BCUT2D eigenvalue weighted by atomic mass is 10.0. The molecule has 2 fully saturated rings. The van der Waals surface area contributed by atoms with Gasteiger partial charge in [-0.2, -0.15) is 0 Å². The van der Waals surface area contributed by atoms with Crippen LogP contribution >= 0.6 is 0 Å². The van der Waals surface area contributed by atoms with Gasteiger partial charge in [0, 0.05) is 69.9 Å². The van der Waals surface area contributed by atoms with Crippen LogP contribution in [0.4, 0.5) is 11.4 Å². The Hall–Kier alpha value is -3.40. The van der Waals surface area contributed by atoms with E-state index in [4.69, 9.17) is 4.98 Å². The smallest absolute Gasteiger partial charge is 0.175 e. The molecule has 2 saturated heterocycles. The number of rotatable bonds is 9. The number of aromatic nitrogens is 2. The summed E-state index contributed by atoms with van der Waals surface area (Å²) in [6, 6.07) is 21.0. The average Bonchev–Trinajstić information content (AvgIpc) is 3.65. The van der Waals surface area contributed by atoms with Gasteiger partial charge in [-0.25, -0.2) is 13.4 Å². The monoisotopic (exact) mass is 600 g/mol. The molecule has 0 spiro atoms. The highest BCUT2D eigenvalue weighted by Gasteiger charge is 2.20. The lowest BCUT2D eigenvalue weighted by Crippen LogP contribution is -2.48. The lowest BCUT2D eigenvalue weighted by molar-refractivity contribution is 0.209. The van der Waals surface area contributed by atoms with Crippen LogP contribution in [-0.4, -0.2) is 92.4 Å². The Balaban J connectivity index is 1.31. The maximum atomic E-state index is 12.0. The van der Waals surface area contributed by atoms with Crippen molar-refractivity contribution in [3.05, 3.63) is 60.7 Å². The molecule has 0 saturated carbocycles. The molecule has 6 rings (SSSR count). The fourth-order valence-electron chi connectivity index (χ4n) is 6.41. The molecule has 1 aromatic heterocycles. The van der Waals surface area contributed by atoms with Gasteiger partial charge in [-0.1, -0.05) is 12.1 Å². The van der Waals surface area contributed by atoms with Crippen LogP contribution in [0.3, 0.4) is 0 Å². The Bertz CT molecular complexity index is 1660. The first kappa shape index (κ1) is 29.7. The van der Waals surface area contributed by atoms with Gasteiger partial charge in [0.05, 0.1) is 16.1 Å². The Morgan fingerprint density at radius 1 is 0.837 bits per heavy atom. The maximum Gasteiger partial charge on any atom is 0.175 e. The van der Waals surface area contributed by atoms with Crippen LogP contribution in [0.2, 0.25) is 0 Å². The van der Waals surface area contributed by atoms with Crippen molar-refractivity contribution in [2.45, 2.75) is 37.6 Å². The zero-order chi connectivity index (χ0) is 30.1. The van der Waals surface area contributed by atoms with Crippen molar-refractivity contribution in [1.82, 2.24) is 19.4 Å². The van der Waals surface area contributed by atoms with Gasteiger partial charge in [0.15, 0.2) is 9.84 Å². The van der Waals surface area contributed by atoms with E-state index in [1.165, 1.54) is 43.4 Å². The van der Waals surface area contributed by atoms with Crippen LogP contribution in [0.25, 0.3) is 33.5 Å². The van der Waals surface area contributed by atoms with Gasteiger partial charge in [-0.15, -0.1) is 0 Å². The SMILES string of the molecule is CC(C)N1CCN(c2ccc(-c3cc(NCCN4CCCC4)c4nc(-c5ccc(S(C)(=O)=O)cc5)n(C)c4c3)cc2)CC1. The molecule has 0 unspecified atom stereocenters. The summed E-state index contributed by atoms with van der Waals surface area (Å²) in [5.41, 5.74) is 7.47. The highest BCUT2D eigenvalue weighted by atomic mass is 32.2. The molecular formula is C34H44N6O2S. The molecule has 0 aliphatic carbocycles. The molecule has 43 heavy (non-hydrogen) atoms. The molecule has 9 heteroatoms. The molecule has 3 heterocycles. The minimum absolute atomic E-state index is 0.312. The number of aryl methyl sites for hydroxylation is 1. The minimum Gasteiger partial charge on any atom is -0.382 e. The topological polar surface area (TPSA) is 73.7 Å². The molecule has 228 valence electrons. The molecule has 0 atom stereocenters. The fourth-order valence-corrected chi connectivity index (χ4v) is 7.04. The van der Waals surface area contributed by atoms with E-state index in [2.05, 4.69) is 74.8 Å². The van der Waals surface area contributed by atoms with E-state index in [1.807, 2.05) is 19.2 Å². The van der Waals surface area contributed by atoms with Gasteiger partial charge in [-0.3, -0.25) is 4.90 Å².